The standard InChI is InChI=1S/C15H13N3O3/c1-21-13-9-7-11(8-10-13)17-14(19)16-18(15(17)20)12-5-3-2-4-6-12/h2-10H,1H3,(H,16,19). The van der Waals surface area contributed by atoms with Gasteiger partial charge in [0.15, 0.2) is 0 Å². The summed E-state index contributed by atoms with van der Waals surface area (Å²) in [5.41, 5.74) is 0.147. The summed E-state index contributed by atoms with van der Waals surface area (Å²) < 4.78 is 7.35. The maximum atomic E-state index is 12.4. The van der Waals surface area contributed by atoms with Crippen LogP contribution in [0.4, 0.5) is 0 Å². The van der Waals surface area contributed by atoms with E-state index in [2.05, 4.69) is 5.10 Å². The molecule has 3 aromatic rings. The molecule has 0 spiro atoms. The highest BCUT2D eigenvalue weighted by Gasteiger charge is 2.12. The highest BCUT2D eigenvalue weighted by atomic mass is 16.5. The smallest absolute Gasteiger partial charge is 0.356 e. The van der Waals surface area contributed by atoms with Crippen LogP contribution < -0.4 is 16.1 Å². The first-order chi connectivity index (χ1) is 10.2. The molecular weight excluding hydrogens is 270 g/mol. The van der Waals surface area contributed by atoms with Gasteiger partial charge in [-0.25, -0.2) is 23.9 Å². The first-order valence-corrected chi connectivity index (χ1v) is 6.34. The van der Waals surface area contributed by atoms with Crippen LogP contribution in [0, 0.1) is 0 Å². The second-order valence-corrected chi connectivity index (χ2v) is 4.40. The molecule has 6 heteroatoms. The number of nitrogens with zero attached hydrogens (tertiary/aromatic N) is 2. The largest absolute Gasteiger partial charge is 0.497 e. The fraction of sp³-hybridized carbons (Fsp3) is 0.0667. The van der Waals surface area contributed by atoms with Crippen LogP contribution in [0.1, 0.15) is 0 Å². The molecule has 1 heterocycles. The summed E-state index contributed by atoms with van der Waals surface area (Å²) >= 11 is 0. The van der Waals surface area contributed by atoms with Gasteiger partial charge in [0.05, 0.1) is 18.5 Å². The van der Waals surface area contributed by atoms with E-state index in [-0.39, 0.29) is 0 Å². The van der Waals surface area contributed by atoms with E-state index in [1.807, 2.05) is 6.07 Å². The van der Waals surface area contributed by atoms with Crippen molar-refractivity contribution in [1.82, 2.24) is 14.3 Å². The maximum absolute atomic E-state index is 12.4. The van der Waals surface area contributed by atoms with Gasteiger partial charge in [0.2, 0.25) is 0 Å². The Bertz CT molecular complexity index is 858. The molecule has 0 unspecified atom stereocenters. The summed E-state index contributed by atoms with van der Waals surface area (Å²) in [6, 6.07) is 15.6. The molecule has 0 radical (unpaired) electrons. The monoisotopic (exact) mass is 283 g/mol. The van der Waals surface area contributed by atoms with Crippen LogP contribution in [-0.4, -0.2) is 21.5 Å². The zero-order chi connectivity index (χ0) is 14.8. The number of nitrogens with one attached hydrogen (secondary N) is 1. The first kappa shape index (κ1) is 13.0. The second kappa shape index (κ2) is 5.16. The number of aromatic amines is 1. The molecule has 2 aromatic carbocycles. The lowest BCUT2D eigenvalue weighted by molar-refractivity contribution is 0.414. The fourth-order valence-electron chi connectivity index (χ4n) is 2.09. The third-order valence-electron chi connectivity index (χ3n) is 3.14. The van der Waals surface area contributed by atoms with E-state index < -0.39 is 11.4 Å². The minimum Gasteiger partial charge on any atom is -0.497 e. The van der Waals surface area contributed by atoms with Crippen molar-refractivity contribution in [3.63, 3.8) is 0 Å². The zero-order valence-electron chi connectivity index (χ0n) is 11.3. The summed E-state index contributed by atoms with van der Waals surface area (Å²) in [5, 5.41) is 2.54. The van der Waals surface area contributed by atoms with Crippen molar-refractivity contribution in [2.24, 2.45) is 0 Å². The molecule has 6 nitrogen and oxygen atoms in total. The van der Waals surface area contributed by atoms with E-state index in [4.69, 9.17) is 4.74 Å². The third-order valence-corrected chi connectivity index (χ3v) is 3.14. The number of hydrogen-bond donors (Lipinski definition) is 1. The van der Waals surface area contributed by atoms with E-state index in [1.165, 1.54) is 4.68 Å². The molecule has 0 fully saturated rings. The Labute approximate surface area is 119 Å². The van der Waals surface area contributed by atoms with E-state index >= 15 is 0 Å². The van der Waals surface area contributed by atoms with Crippen molar-refractivity contribution in [3.05, 3.63) is 75.6 Å². The van der Waals surface area contributed by atoms with Gasteiger partial charge in [-0.2, -0.15) is 0 Å². The maximum Gasteiger partial charge on any atom is 0.356 e. The van der Waals surface area contributed by atoms with Gasteiger partial charge in [-0.15, -0.1) is 0 Å². The van der Waals surface area contributed by atoms with Crippen molar-refractivity contribution in [1.29, 1.82) is 0 Å². The lowest BCUT2D eigenvalue weighted by Gasteiger charge is -2.02. The zero-order valence-corrected chi connectivity index (χ0v) is 11.3. The Morgan fingerprint density at radius 1 is 0.905 bits per heavy atom. The predicted molar refractivity (Wildman–Crippen MR) is 78.5 cm³/mol. The molecule has 21 heavy (non-hydrogen) atoms. The first-order valence-electron chi connectivity index (χ1n) is 6.34. The average Bonchev–Trinajstić information content (AvgIpc) is 2.83. The Morgan fingerprint density at radius 3 is 2.19 bits per heavy atom. The number of H-pyrrole nitrogens is 1. The Kier molecular flexibility index (Phi) is 3.19. The molecule has 0 amide bonds. The van der Waals surface area contributed by atoms with Crippen molar-refractivity contribution in [2.75, 3.05) is 7.11 Å². The summed E-state index contributed by atoms with van der Waals surface area (Å²) in [6.07, 6.45) is 0. The second-order valence-electron chi connectivity index (χ2n) is 4.40. The van der Waals surface area contributed by atoms with Crippen LogP contribution in [0.5, 0.6) is 5.75 Å². The molecular formula is C15H13N3O3. The van der Waals surface area contributed by atoms with Crippen LogP contribution >= 0.6 is 0 Å². The van der Waals surface area contributed by atoms with Gasteiger partial charge >= 0.3 is 11.4 Å². The van der Waals surface area contributed by atoms with Crippen LogP contribution in [0.15, 0.2) is 64.2 Å². The molecule has 1 aromatic heterocycles. The normalized spacial score (nSPS) is 10.5. The molecule has 0 bridgehead atoms. The van der Waals surface area contributed by atoms with E-state index in [1.54, 1.807) is 55.6 Å². The molecule has 0 saturated carbocycles. The third kappa shape index (κ3) is 2.27. The highest BCUT2D eigenvalue weighted by molar-refractivity contribution is 5.38. The number of para-hydroxylation sites is 1. The highest BCUT2D eigenvalue weighted by Crippen LogP contribution is 2.12. The Morgan fingerprint density at radius 2 is 1.57 bits per heavy atom. The number of rotatable bonds is 3. The van der Waals surface area contributed by atoms with E-state index in [0.29, 0.717) is 17.1 Å². The number of methoxy groups -OCH3 is 1. The van der Waals surface area contributed by atoms with Crippen molar-refractivity contribution in [3.8, 4) is 17.1 Å². The van der Waals surface area contributed by atoms with Crippen molar-refractivity contribution >= 4 is 0 Å². The lowest BCUT2D eigenvalue weighted by atomic mass is 10.3. The lowest BCUT2D eigenvalue weighted by Crippen LogP contribution is -2.26. The predicted octanol–water partition coefficient (Wildman–Crippen LogP) is 1.33. The van der Waals surface area contributed by atoms with Gasteiger partial charge in [-0.1, -0.05) is 18.2 Å². The molecule has 0 saturated heterocycles. The van der Waals surface area contributed by atoms with Gasteiger partial charge in [0.1, 0.15) is 5.75 Å². The molecule has 0 aliphatic rings. The topological polar surface area (TPSA) is 69.0 Å². The van der Waals surface area contributed by atoms with Crippen molar-refractivity contribution < 1.29 is 4.74 Å². The summed E-state index contributed by atoms with van der Waals surface area (Å²) in [7, 11) is 1.56. The van der Waals surface area contributed by atoms with Crippen molar-refractivity contribution in [2.45, 2.75) is 0 Å². The SMILES string of the molecule is COc1ccc(-n2c(=O)[nH]n(-c3ccccc3)c2=O)cc1. The number of ether oxygens (including phenoxy) is 1. The molecule has 0 aliphatic heterocycles. The fourth-order valence-corrected chi connectivity index (χ4v) is 2.09. The van der Waals surface area contributed by atoms with Crippen LogP contribution in [0.2, 0.25) is 0 Å². The number of aromatic nitrogens is 3. The minimum absolute atomic E-state index is 0.448. The Balaban J connectivity index is 2.14. The van der Waals surface area contributed by atoms with Gasteiger partial charge in [-0.3, -0.25) is 0 Å². The van der Waals surface area contributed by atoms with E-state index in [0.717, 1.165) is 4.57 Å². The Hall–Kier alpha value is -3.02. The molecule has 3 rings (SSSR count). The van der Waals surface area contributed by atoms with Crippen LogP contribution in [0.3, 0.4) is 0 Å². The van der Waals surface area contributed by atoms with E-state index in [9.17, 15) is 9.59 Å². The average molecular weight is 283 g/mol. The summed E-state index contributed by atoms with van der Waals surface area (Å²) in [6.45, 7) is 0. The van der Waals surface area contributed by atoms with Gasteiger partial charge in [0.25, 0.3) is 0 Å². The minimum atomic E-state index is -0.492. The quantitative estimate of drug-likeness (QED) is 0.788. The molecule has 1 N–H and O–H groups in total. The van der Waals surface area contributed by atoms with Gasteiger partial charge in [-0.05, 0) is 36.4 Å². The van der Waals surface area contributed by atoms with Gasteiger partial charge < -0.3 is 4.74 Å². The number of hydrogen-bond acceptors (Lipinski definition) is 3. The summed E-state index contributed by atoms with van der Waals surface area (Å²) in [5.74, 6) is 0.658. The van der Waals surface area contributed by atoms with Crippen LogP contribution in [-0.2, 0) is 0 Å². The molecule has 0 atom stereocenters. The van der Waals surface area contributed by atoms with Gasteiger partial charge in [0, 0.05) is 0 Å². The molecule has 106 valence electrons. The number of benzene rings is 2. The van der Waals surface area contributed by atoms with Crippen LogP contribution in [0.25, 0.3) is 11.4 Å². The summed E-state index contributed by atoms with van der Waals surface area (Å²) in [4.78, 5) is 24.5. The molecule has 0 aliphatic carbocycles.